The maximum Gasteiger partial charge on any atom is 0.280 e. The van der Waals surface area contributed by atoms with Crippen LogP contribution < -0.4 is 11.3 Å². The fourth-order valence-corrected chi connectivity index (χ4v) is 5.72. The smallest absolute Gasteiger partial charge is 0.280 e. The average Bonchev–Trinajstić information content (AvgIpc) is 3.20. The number of hydrogen-bond donors (Lipinski definition) is 3. The van der Waals surface area contributed by atoms with Crippen LogP contribution in [0.2, 0.25) is 36.3 Å². The molecular weight excluding hydrogens is 470 g/mol. The van der Waals surface area contributed by atoms with Gasteiger partial charge in [-0.15, -0.1) is 0 Å². The lowest BCUT2D eigenvalue weighted by Gasteiger charge is -2.41. The molecule has 4 atom stereocenters. The highest BCUT2D eigenvalue weighted by molar-refractivity contribution is 6.74. The van der Waals surface area contributed by atoms with Crippen LogP contribution in [0.5, 0.6) is 0 Å². The lowest BCUT2D eigenvalue weighted by atomic mass is 10.1. The number of nitrogens with zero attached hydrogens (tertiary/aromatic N) is 3. The van der Waals surface area contributed by atoms with Crippen molar-refractivity contribution in [3.63, 3.8) is 0 Å². The van der Waals surface area contributed by atoms with Crippen LogP contribution in [0.4, 0.5) is 5.95 Å². The van der Waals surface area contributed by atoms with Gasteiger partial charge in [-0.3, -0.25) is 14.3 Å². The van der Waals surface area contributed by atoms with Crippen molar-refractivity contribution in [3.05, 3.63) is 16.7 Å². The number of H-pyrrole nitrogens is 1. The minimum atomic E-state index is -2.25. The van der Waals surface area contributed by atoms with Gasteiger partial charge in [0, 0.05) is 0 Å². The van der Waals surface area contributed by atoms with Crippen molar-refractivity contribution in [2.75, 3.05) is 12.3 Å². The molecular formula is C22H41N5O5Si2. The zero-order valence-corrected chi connectivity index (χ0v) is 24.1. The molecule has 2 aromatic heterocycles. The number of aromatic amines is 1. The van der Waals surface area contributed by atoms with Crippen LogP contribution in [0, 0.1) is 0 Å². The fourth-order valence-electron chi connectivity index (χ4n) is 3.38. The second-order valence-electron chi connectivity index (χ2n) is 12.2. The Morgan fingerprint density at radius 2 is 1.74 bits per heavy atom. The summed E-state index contributed by atoms with van der Waals surface area (Å²) >= 11 is 0. The number of rotatable bonds is 6. The molecule has 192 valence electrons. The average molecular weight is 512 g/mol. The number of anilines is 1. The number of nitrogen functional groups attached to an aromatic ring is 1. The quantitative estimate of drug-likeness (QED) is 0.502. The summed E-state index contributed by atoms with van der Waals surface area (Å²) < 4.78 is 21.1. The van der Waals surface area contributed by atoms with Gasteiger partial charge in [0.1, 0.15) is 18.3 Å². The lowest BCUT2D eigenvalue weighted by molar-refractivity contribution is -0.0487. The maximum absolute atomic E-state index is 12.3. The predicted octanol–water partition coefficient (Wildman–Crippen LogP) is 3.37. The summed E-state index contributed by atoms with van der Waals surface area (Å²) in [5, 5.41) is 11.4. The van der Waals surface area contributed by atoms with Crippen molar-refractivity contribution >= 4 is 33.7 Å². The molecule has 2 aromatic rings. The lowest BCUT2D eigenvalue weighted by Crippen LogP contribution is -2.51. The summed E-state index contributed by atoms with van der Waals surface area (Å²) in [4.78, 5) is 23.1. The van der Waals surface area contributed by atoms with Gasteiger partial charge in [0.05, 0.1) is 12.9 Å². The summed E-state index contributed by atoms with van der Waals surface area (Å²) in [6, 6.07) is 0. The van der Waals surface area contributed by atoms with Crippen LogP contribution in [0.1, 0.15) is 47.8 Å². The number of imidazole rings is 1. The zero-order valence-electron chi connectivity index (χ0n) is 22.1. The van der Waals surface area contributed by atoms with E-state index in [1.807, 2.05) is 0 Å². The number of nitrogens with one attached hydrogen (secondary N) is 1. The van der Waals surface area contributed by atoms with Gasteiger partial charge in [-0.2, -0.15) is 4.98 Å². The van der Waals surface area contributed by atoms with Crippen molar-refractivity contribution in [2.24, 2.45) is 0 Å². The molecule has 0 aliphatic carbocycles. The van der Waals surface area contributed by atoms with Crippen LogP contribution in [-0.2, 0) is 13.6 Å². The number of nitrogens with two attached hydrogens (primary N) is 1. The molecule has 4 N–H and O–H groups in total. The number of ether oxygens (including phenoxy) is 1. The molecule has 12 heteroatoms. The second-order valence-corrected chi connectivity index (χ2v) is 21.8. The molecule has 0 bridgehead atoms. The van der Waals surface area contributed by atoms with E-state index in [1.54, 1.807) is 4.57 Å². The second kappa shape index (κ2) is 8.82. The van der Waals surface area contributed by atoms with Gasteiger partial charge < -0.3 is 24.4 Å². The van der Waals surface area contributed by atoms with E-state index in [0.29, 0.717) is 6.61 Å². The Kier molecular flexibility index (Phi) is 7.01. The first kappa shape index (κ1) is 27.0. The third kappa shape index (κ3) is 5.02. The Balaban J connectivity index is 1.97. The standard InChI is InChI=1S/C22H41N5O5Si2/c1-21(2,3)33(7,8)30-11-13-16(32-34(9,10)22(4,5)6)15(28)19(31-13)27-12-24-14-17(27)25-20(23)26-18(14)29/h12-13,15-16,19,28H,11H2,1-10H3,(H3,23,25,26,29)/t13-,15-,16-,19-/m1/s1. The molecule has 34 heavy (non-hydrogen) atoms. The first-order valence-corrected chi connectivity index (χ1v) is 17.5. The Hall–Kier alpha value is -1.58. The van der Waals surface area contributed by atoms with Crippen LogP contribution in [-0.4, -0.2) is 66.2 Å². The molecule has 1 saturated heterocycles. The van der Waals surface area contributed by atoms with Crippen molar-refractivity contribution < 1.29 is 18.7 Å². The molecule has 0 spiro atoms. The third-order valence-corrected chi connectivity index (χ3v) is 16.7. The van der Waals surface area contributed by atoms with Gasteiger partial charge in [-0.05, 0) is 36.3 Å². The van der Waals surface area contributed by atoms with Gasteiger partial charge in [0.15, 0.2) is 34.0 Å². The van der Waals surface area contributed by atoms with Crippen LogP contribution in [0.3, 0.4) is 0 Å². The highest BCUT2D eigenvalue weighted by Crippen LogP contribution is 2.43. The minimum Gasteiger partial charge on any atom is -0.414 e. The van der Waals surface area contributed by atoms with Gasteiger partial charge in [0.25, 0.3) is 5.56 Å². The molecule has 0 saturated carbocycles. The number of aliphatic hydroxyl groups is 1. The van der Waals surface area contributed by atoms with E-state index in [-0.39, 0.29) is 27.2 Å². The Bertz CT molecular complexity index is 1090. The maximum atomic E-state index is 12.3. The zero-order chi connectivity index (χ0) is 25.9. The number of fused-ring (bicyclic) bond motifs is 1. The number of hydrogen-bond acceptors (Lipinski definition) is 8. The van der Waals surface area contributed by atoms with Crippen molar-refractivity contribution in [1.82, 2.24) is 19.5 Å². The van der Waals surface area contributed by atoms with Crippen molar-refractivity contribution in [2.45, 2.75) is 102 Å². The largest absolute Gasteiger partial charge is 0.414 e. The highest BCUT2D eigenvalue weighted by atomic mass is 28.4. The molecule has 1 aliphatic rings. The first-order valence-electron chi connectivity index (χ1n) is 11.7. The summed E-state index contributed by atoms with van der Waals surface area (Å²) in [5.41, 5.74) is 5.70. The molecule has 1 fully saturated rings. The molecule has 1 aliphatic heterocycles. The molecule has 0 aromatic carbocycles. The monoisotopic (exact) mass is 511 g/mol. The Labute approximate surface area is 203 Å². The van der Waals surface area contributed by atoms with Gasteiger partial charge >= 0.3 is 0 Å². The van der Waals surface area contributed by atoms with Gasteiger partial charge in [-0.1, -0.05) is 41.5 Å². The summed E-state index contributed by atoms with van der Waals surface area (Å²) in [7, 11) is -4.32. The van der Waals surface area contributed by atoms with Crippen LogP contribution >= 0.6 is 0 Å². The van der Waals surface area contributed by atoms with Crippen molar-refractivity contribution in [3.8, 4) is 0 Å². The third-order valence-electron chi connectivity index (χ3n) is 7.69. The van der Waals surface area contributed by atoms with Gasteiger partial charge in [0.2, 0.25) is 5.95 Å². The highest BCUT2D eigenvalue weighted by Gasteiger charge is 2.51. The molecule has 0 unspecified atom stereocenters. The van der Waals surface area contributed by atoms with Crippen molar-refractivity contribution in [1.29, 1.82) is 0 Å². The van der Waals surface area contributed by atoms with Crippen LogP contribution in [0.15, 0.2) is 11.1 Å². The Morgan fingerprint density at radius 3 is 2.29 bits per heavy atom. The predicted molar refractivity (Wildman–Crippen MR) is 138 cm³/mol. The van der Waals surface area contributed by atoms with E-state index in [2.05, 4.69) is 82.7 Å². The van der Waals surface area contributed by atoms with E-state index >= 15 is 0 Å². The van der Waals surface area contributed by atoms with E-state index in [4.69, 9.17) is 19.3 Å². The Morgan fingerprint density at radius 1 is 1.15 bits per heavy atom. The summed E-state index contributed by atoms with van der Waals surface area (Å²) in [5.74, 6) is -0.0291. The van der Waals surface area contributed by atoms with Crippen LogP contribution in [0.25, 0.3) is 11.2 Å². The molecule has 3 heterocycles. The topological polar surface area (TPSA) is 138 Å². The van der Waals surface area contributed by atoms with E-state index in [0.717, 1.165) is 0 Å². The van der Waals surface area contributed by atoms with Gasteiger partial charge in [-0.25, -0.2) is 4.98 Å². The summed E-state index contributed by atoms with van der Waals surface area (Å²) in [6.07, 6.45) is -1.52. The first-order chi connectivity index (χ1) is 15.4. The van der Waals surface area contributed by atoms with E-state index in [9.17, 15) is 9.90 Å². The molecule has 10 nitrogen and oxygen atoms in total. The normalized spacial score (nSPS) is 24.8. The fraction of sp³-hybridized carbons (Fsp3) is 0.773. The SMILES string of the molecule is CC(C)(C)[Si](C)(C)OC[C@H]1O[C@@H](n2cnc3c(=O)[nH]c(N)nc32)[C@H](O)[C@@H]1O[Si](C)(C)C(C)(C)C. The molecule has 0 radical (unpaired) electrons. The number of aliphatic hydroxyl groups excluding tert-OH is 1. The van der Waals surface area contributed by atoms with E-state index in [1.165, 1.54) is 6.33 Å². The van der Waals surface area contributed by atoms with E-state index < -0.39 is 46.7 Å². The number of aromatic nitrogens is 4. The molecule has 3 rings (SSSR count). The summed E-state index contributed by atoms with van der Waals surface area (Å²) in [6.45, 7) is 22.0. The minimum absolute atomic E-state index is 0.0291. The molecule has 0 amide bonds.